The second-order valence-corrected chi connectivity index (χ2v) is 5.54. The van der Waals surface area contributed by atoms with E-state index < -0.39 is 11.9 Å². The Morgan fingerprint density at radius 3 is 2.62 bits per heavy atom. The van der Waals surface area contributed by atoms with Crippen molar-refractivity contribution in [1.82, 2.24) is 0 Å². The number of rotatable bonds is 5. The summed E-state index contributed by atoms with van der Waals surface area (Å²) in [6, 6.07) is 12.5. The quantitative estimate of drug-likeness (QED) is 0.870. The second-order valence-electron chi connectivity index (χ2n) is 4.69. The number of benzene rings is 2. The molecule has 110 valence electrons. The Morgan fingerprint density at radius 1 is 1.29 bits per heavy atom. The summed E-state index contributed by atoms with van der Waals surface area (Å²) in [6.07, 6.45) is 0. The predicted octanol–water partition coefficient (Wildman–Crippen LogP) is 3.40. The number of ether oxygens (including phenoxy) is 1. The molecule has 0 saturated carbocycles. The minimum absolute atomic E-state index is 0.448. The number of methoxy groups -OCH3 is 1. The number of carbonyl (C=O) groups is 1. The zero-order valence-electron chi connectivity index (χ0n) is 11.9. The minimum atomic E-state index is -0.627. The molecule has 0 radical (unpaired) electrons. The maximum Gasteiger partial charge on any atom is 0.244 e. The fourth-order valence-electron chi connectivity index (χ4n) is 2.03. The van der Waals surface area contributed by atoms with E-state index >= 15 is 0 Å². The molecule has 5 heteroatoms. The number of halogens is 1. The molecule has 21 heavy (non-hydrogen) atoms. The molecule has 3 N–H and O–H groups in total. The van der Waals surface area contributed by atoms with Crippen molar-refractivity contribution in [3.8, 4) is 5.75 Å². The Morgan fingerprint density at radius 2 is 2.00 bits per heavy atom. The van der Waals surface area contributed by atoms with Crippen LogP contribution in [0.5, 0.6) is 5.75 Å². The van der Waals surface area contributed by atoms with Crippen LogP contribution in [0.2, 0.25) is 0 Å². The molecule has 0 aromatic heterocycles. The molecule has 0 aliphatic rings. The summed E-state index contributed by atoms with van der Waals surface area (Å²) >= 11 is 3.47. The van der Waals surface area contributed by atoms with Crippen molar-refractivity contribution in [3.63, 3.8) is 0 Å². The number of primary amides is 1. The first-order valence-electron chi connectivity index (χ1n) is 6.48. The monoisotopic (exact) mass is 348 g/mol. The van der Waals surface area contributed by atoms with Crippen LogP contribution < -0.4 is 15.8 Å². The first-order chi connectivity index (χ1) is 10.0. The van der Waals surface area contributed by atoms with Crippen LogP contribution in [0.15, 0.2) is 46.9 Å². The summed E-state index contributed by atoms with van der Waals surface area (Å²) in [5.74, 6) is 0.214. The lowest BCUT2D eigenvalue weighted by Crippen LogP contribution is -2.27. The molecular weight excluding hydrogens is 332 g/mol. The summed E-state index contributed by atoms with van der Waals surface area (Å²) in [4.78, 5) is 11.8. The minimum Gasteiger partial charge on any atom is -0.495 e. The van der Waals surface area contributed by atoms with Gasteiger partial charge in [0, 0.05) is 4.47 Å². The van der Waals surface area contributed by atoms with Gasteiger partial charge >= 0.3 is 0 Å². The van der Waals surface area contributed by atoms with Crippen molar-refractivity contribution >= 4 is 27.5 Å². The van der Waals surface area contributed by atoms with Crippen molar-refractivity contribution in [3.05, 3.63) is 58.1 Å². The van der Waals surface area contributed by atoms with Crippen LogP contribution >= 0.6 is 15.9 Å². The standard InChI is InChI=1S/C16H17BrN2O2/c1-10-7-8-11(9-12(10)17)15(16(18)20)19-13-5-3-4-6-14(13)21-2/h3-9,15,19H,1-2H3,(H2,18,20). The maximum atomic E-state index is 11.8. The largest absolute Gasteiger partial charge is 0.495 e. The van der Waals surface area contributed by atoms with Crippen LogP contribution in [0.3, 0.4) is 0 Å². The number of hydrogen-bond acceptors (Lipinski definition) is 3. The van der Waals surface area contributed by atoms with E-state index in [2.05, 4.69) is 21.2 Å². The van der Waals surface area contributed by atoms with E-state index in [4.69, 9.17) is 10.5 Å². The fourth-order valence-corrected chi connectivity index (χ4v) is 2.42. The number of nitrogens with two attached hydrogens (primary N) is 1. The molecule has 1 amide bonds. The molecule has 0 fully saturated rings. The zero-order valence-corrected chi connectivity index (χ0v) is 13.5. The van der Waals surface area contributed by atoms with Gasteiger partial charge < -0.3 is 15.8 Å². The molecule has 0 heterocycles. The van der Waals surface area contributed by atoms with E-state index in [1.165, 1.54) is 0 Å². The summed E-state index contributed by atoms with van der Waals surface area (Å²) in [6.45, 7) is 1.99. The van der Waals surface area contributed by atoms with E-state index in [1.807, 2.05) is 49.4 Å². The first kappa shape index (κ1) is 15.4. The smallest absolute Gasteiger partial charge is 0.244 e. The van der Waals surface area contributed by atoms with Gasteiger partial charge in [-0.1, -0.05) is 40.2 Å². The number of amides is 1. The Balaban J connectivity index is 2.35. The van der Waals surface area contributed by atoms with Crippen LogP contribution in [-0.2, 0) is 4.79 Å². The lowest BCUT2D eigenvalue weighted by molar-refractivity contribution is -0.118. The highest BCUT2D eigenvalue weighted by Crippen LogP contribution is 2.29. The van der Waals surface area contributed by atoms with E-state index in [0.717, 1.165) is 21.3 Å². The summed E-state index contributed by atoms with van der Waals surface area (Å²) in [7, 11) is 1.59. The van der Waals surface area contributed by atoms with Crippen LogP contribution in [0.1, 0.15) is 17.2 Å². The molecule has 0 aliphatic carbocycles. The average molecular weight is 349 g/mol. The van der Waals surface area contributed by atoms with Gasteiger partial charge in [-0.15, -0.1) is 0 Å². The van der Waals surface area contributed by atoms with Gasteiger partial charge in [-0.2, -0.15) is 0 Å². The Kier molecular flexibility index (Phi) is 4.85. The lowest BCUT2D eigenvalue weighted by Gasteiger charge is -2.19. The highest BCUT2D eigenvalue weighted by atomic mass is 79.9. The fraction of sp³-hybridized carbons (Fsp3) is 0.188. The summed E-state index contributed by atoms with van der Waals surface area (Å²) in [5.41, 5.74) is 8.16. The van der Waals surface area contributed by atoms with Gasteiger partial charge in [-0.05, 0) is 36.2 Å². The van der Waals surface area contributed by atoms with Gasteiger partial charge in [0.1, 0.15) is 11.8 Å². The first-order valence-corrected chi connectivity index (χ1v) is 7.27. The molecular formula is C16H17BrN2O2. The molecule has 0 saturated heterocycles. The maximum absolute atomic E-state index is 11.8. The molecule has 2 rings (SSSR count). The molecule has 2 aromatic carbocycles. The van der Waals surface area contributed by atoms with Gasteiger partial charge in [0.2, 0.25) is 5.91 Å². The third kappa shape index (κ3) is 3.55. The van der Waals surface area contributed by atoms with E-state index in [-0.39, 0.29) is 0 Å². The normalized spacial score (nSPS) is 11.8. The SMILES string of the molecule is COc1ccccc1NC(C(N)=O)c1ccc(C)c(Br)c1. The van der Waals surface area contributed by atoms with Crippen molar-refractivity contribution in [1.29, 1.82) is 0 Å². The van der Waals surface area contributed by atoms with Crippen molar-refractivity contribution in [2.45, 2.75) is 13.0 Å². The van der Waals surface area contributed by atoms with E-state index in [1.54, 1.807) is 7.11 Å². The van der Waals surface area contributed by atoms with Crippen molar-refractivity contribution in [2.75, 3.05) is 12.4 Å². The number of aryl methyl sites for hydroxylation is 1. The number of anilines is 1. The van der Waals surface area contributed by atoms with Crippen molar-refractivity contribution in [2.24, 2.45) is 5.73 Å². The predicted molar refractivity (Wildman–Crippen MR) is 87.4 cm³/mol. The topological polar surface area (TPSA) is 64.3 Å². The lowest BCUT2D eigenvalue weighted by atomic mass is 10.0. The Bertz CT molecular complexity index is 658. The summed E-state index contributed by atoms with van der Waals surface area (Å²) < 4.78 is 6.22. The molecule has 0 aliphatic heterocycles. The molecule has 1 atom stereocenters. The molecule has 4 nitrogen and oxygen atoms in total. The van der Waals surface area contributed by atoms with Crippen LogP contribution in [-0.4, -0.2) is 13.0 Å². The van der Waals surface area contributed by atoms with Crippen molar-refractivity contribution < 1.29 is 9.53 Å². The highest BCUT2D eigenvalue weighted by molar-refractivity contribution is 9.10. The van der Waals surface area contributed by atoms with E-state index in [0.29, 0.717) is 5.75 Å². The number of carbonyl (C=O) groups excluding carboxylic acids is 1. The van der Waals surface area contributed by atoms with E-state index in [9.17, 15) is 4.79 Å². The van der Waals surface area contributed by atoms with Crippen LogP contribution in [0, 0.1) is 6.92 Å². The Labute approximate surface area is 132 Å². The van der Waals surface area contributed by atoms with Gasteiger partial charge in [-0.3, -0.25) is 4.79 Å². The van der Waals surface area contributed by atoms with Gasteiger partial charge in [0.15, 0.2) is 0 Å². The third-order valence-corrected chi connectivity index (χ3v) is 4.07. The van der Waals surface area contributed by atoms with Crippen LogP contribution in [0.25, 0.3) is 0 Å². The molecule has 0 spiro atoms. The van der Waals surface area contributed by atoms with Gasteiger partial charge in [-0.25, -0.2) is 0 Å². The summed E-state index contributed by atoms with van der Waals surface area (Å²) in [5, 5.41) is 3.14. The highest BCUT2D eigenvalue weighted by Gasteiger charge is 2.19. The average Bonchev–Trinajstić information content (AvgIpc) is 2.48. The molecule has 1 unspecified atom stereocenters. The zero-order chi connectivity index (χ0) is 15.4. The third-order valence-electron chi connectivity index (χ3n) is 3.22. The molecule has 0 bridgehead atoms. The number of nitrogens with one attached hydrogen (secondary N) is 1. The van der Waals surface area contributed by atoms with Gasteiger partial charge in [0.05, 0.1) is 12.8 Å². The van der Waals surface area contributed by atoms with Crippen LogP contribution in [0.4, 0.5) is 5.69 Å². The van der Waals surface area contributed by atoms with Gasteiger partial charge in [0.25, 0.3) is 0 Å². The molecule has 2 aromatic rings. The number of para-hydroxylation sites is 2. The Hall–Kier alpha value is -2.01. The second kappa shape index (κ2) is 6.63. The number of hydrogen-bond donors (Lipinski definition) is 2.